The number of ether oxygens (including phenoxy) is 1. The van der Waals surface area contributed by atoms with Gasteiger partial charge in [-0.3, -0.25) is 9.79 Å². The van der Waals surface area contributed by atoms with E-state index in [1.165, 1.54) is 12.2 Å². The van der Waals surface area contributed by atoms with Gasteiger partial charge >= 0.3 is 0 Å². The zero-order chi connectivity index (χ0) is 18.6. The van der Waals surface area contributed by atoms with Crippen LogP contribution in [0.15, 0.2) is 29.3 Å². The highest BCUT2D eigenvalue weighted by molar-refractivity contribution is 7.98. The van der Waals surface area contributed by atoms with Gasteiger partial charge in [0.05, 0.1) is 5.69 Å². The molecule has 26 heavy (non-hydrogen) atoms. The fraction of sp³-hybridized carbons (Fsp3) is 0.579. The molecule has 2 rings (SSSR count). The number of hydrogen-bond acceptors (Lipinski definition) is 4. The topological polar surface area (TPSA) is 66.0 Å². The molecule has 1 heterocycles. The highest BCUT2D eigenvalue weighted by Crippen LogP contribution is 2.31. The van der Waals surface area contributed by atoms with E-state index in [0.717, 1.165) is 43.3 Å². The van der Waals surface area contributed by atoms with E-state index in [4.69, 9.17) is 4.74 Å². The minimum absolute atomic E-state index is 0.00602. The predicted molar refractivity (Wildman–Crippen MR) is 111 cm³/mol. The van der Waals surface area contributed by atoms with Gasteiger partial charge in [0.25, 0.3) is 5.91 Å². The molecule has 1 amide bonds. The number of carbonyl (C=O) groups is 1. The number of carbonyl (C=O) groups excluding carboxylic acids is 1. The summed E-state index contributed by atoms with van der Waals surface area (Å²) in [5.41, 5.74) is 0.853. The third-order valence-corrected chi connectivity index (χ3v) is 4.73. The molecule has 0 saturated heterocycles. The van der Waals surface area contributed by atoms with E-state index in [2.05, 4.69) is 28.8 Å². The van der Waals surface area contributed by atoms with Crippen LogP contribution in [0.1, 0.15) is 26.2 Å². The Morgan fingerprint density at radius 1 is 1.27 bits per heavy atom. The molecule has 0 unspecified atom stereocenters. The lowest BCUT2D eigenvalue weighted by molar-refractivity contribution is -0.121. The van der Waals surface area contributed by atoms with Crippen LogP contribution in [0.3, 0.4) is 0 Å². The molecular weight excluding hydrogens is 348 g/mol. The molecule has 144 valence electrons. The molecule has 1 aromatic rings. The summed E-state index contributed by atoms with van der Waals surface area (Å²) in [5, 5.41) is 6.64. The number of guanidine groups is 1. The highest BCUT2D eigenvalue weighted by Gasteiger charge is 2.24. The van der Waals surface area contributed by atoms with Gasteiger partial charge in [0.1, 0.15) is 5.75 Å². The van der Waals surface area contributed by atoms with Crippen molar-refractivity contribution >= 4 is 29.3 Å². The lowest BCUT2D eigenvalue weighted by atomic mass is 10.2. The molecule has 0 saturated carbocycles. The maximum absolute atomic E-state index is 12.2. The number of thioether (sulfide) groups is 1. The van der Waals surface area contributed by atoms with E-state index in [1.54, 1.807) is 4.90 Å². The smallest absolute Gasteiger partial charge is 0.265 e. The number of nitrogens with zero attached hydrogens (tertiary/aromatic N) is 2. The van der Waals surface area contributed by atoms with Crippen molar-refractivity contribution in [1.82, 2.24) is 10.6 Å². The quantitative estimate of drug-likeness (QED) is 0.372. The van der Waals surface area contributed by atoms with Crippen molar-refractivity contribution in [3.63, 3.8) is 0 Å². The Kier molecular flexibility index (Phi) is 9.17. The van der Waals surface area contributed by atoms with Crippen LogP contribution in [0, 0.1) is 0 Å². The minimum atomic E-state index is 0.00602. The first-order chi connectivity index (χ1) is 12.8. The van der Waals surface area contributed by atoms with Crippen LogP contribution in [-0.4, -0.2) is 56.7 Å². The summed E-state index contributed by atoms with van der Waals surface area (Å²) in [6.45, 7) is 5.27. The predicted octanol–water partition coefficient (Wildman–Crippen LogP) is 2.50. The Balaban J connectivity index is 1.79. The van der Waals surface area contributed by atoms with E-state index >= 15 is 0 Å². The van der Waals surface area contributed by atoms with Gasteiger partial charge in [-0.25, -0.2) is 0 Å². The largest absolute Gasteiger partial charge is 0.482 e. The van der Waals surface area contributed by atoms with Gasteiger partial charge < -0.3 is 20.3 Å². The van der Waals surface area contributed by atoms with Gasteiger partial charge in [-0.1, -0.05) is 12.1 Å². The van der Waals surface area contributed by atoms with Crippen molar-refractivity contribution in [3.8, 4) is 5.75 Å². The number of anilines is 1. The summed E-state index contributed by atoms with van der Waals surface area (Å²) < 4.78 is 5.47. The molecule has 0 radical (unpaired) electrons. The molecule has 2 N–H and O–H groups in total. The Morgan fingerprint density at radius 2 is 2.12 bits per heavy atom. The van der Waals surface area contributed by atoms with Gasteiger partial charge in [0.2, 0.25) is 0 Å². The number of unbranched alkanes of at least 4 members (excludes halogenated alkanes) is 1. The Hall–Kier alpha value is -1.89. The first-order valence-corrected chi connectivity index (χ1v) is 10.7. The van der Waals surface area contributed by atoms with E-state index < -0.39 is 0 Å². The molecular formula is C19H30N4O2S. The van der Waals surface area contributed by atoms with Crippen LogP contribution in [0.25, 0.3) is 0 Å². The summed E-state index contributed by atoms with van der Waals surface area (Å²) in [4.78, 5) is 18.6. The summed E-state index contributed by atoms with van der Waals surface area (Å²) in [6, 6.07) is 7.67. The lowest BCUT2D eigenvalue weighted by Gasteiger charge is -2.29. The number of para-hydroxylation sites is 2. The third-order valence-electron chi connectivity index (χ3n) is 4.03. The molecule has 0 aliphatic carbocycles. The summed E-state index contributed by atoms with van der Waals surface area (Å²) in [6.07, 6.45) is 5.30. The van der Waals surface area contributed by atoms with E-state index in [0.29, 0.717) is 13.1 Å². The van der Waals surface area contributed by atoms with Crippen molar-refractivity contribution in [1.29, 1.82) is 0 Å². The second-order valence-electron chi connectivity index (χ2n) is 6.04. The van der Waals surface area contributed by atoms with Crippen LogP contribution in [0.4, 0.5) is 5.69 Å². The fourth-order valence-corrected chi connectivity index (χ4v) is 3.23. The van der Waals surface area contributed by atoms with Crippen molar-refractivity contribution in [2.24, 2.45) is 4.99 Å². The second kappa shape index (κ2) is 11.7. The molecule has 1 aromatic carbocycles. The lowest BCUT2D eigenvalue weighted by Crippen LogP contribution is -2.40. The normalized spacial score (nSPS) is 14.0. The maximum Gasteiger partial charge on any atom is 0.265 e. The highest BCUT2D eigenvalue weighted by atomic mass is 32.2. The standard InChI is InChI=1S/C19H30N4O2S/c1-3-20-19(21-11-6-7-14-26-2)22-12-8-13-23-16-9-4-5-10-17(16)25-15-18(23)24/h4-5,9-10H,3,6-8,11-15H2,1-2H3,(H2,20,21,22). The number of benzene rings is 1. The van der Waals surface area contributed by atoms with Crippen LogP contribution in [-0.2, 0) is 4.79 Å². The Morgan fingerprint density at radius 3 is 2.92 bits per heavy atom. The average Bonchev–Trinajstić information content (AvgIpc) is 2.66. The number of rotatable bonds is 10. The number of nitrogens with one attached hydrogen (secondary N) is 2. The molecule has 7 heteroatoms. The first kappa shape index (κ1) is 20.4. The molecule has 1 aliphatic rings. The number of fused-ring (bicyclic) bond motifs is 1. The van der Waals surface area contributed by atoms with Gasteiger partial charge in [0, 0.05) is 26.2 Å². The monoisotopic (exact) mass is 378 g/mol. The fourth-order valence-electron chi connectivity index (χ4n) is 2.74. The number of hydrogen-bond donors (Lipinski definition) is 2. The number of aliphatic imine (C=N–C) groups is 1. The van der Waals surface area contributed by atoms with Gasteiger partial charge in [-0.15, -0.1) is 0 Å². The molecule has 6 nitrogen and oxygen atoms in total. The van der Waals surface area contributed by atoms with E-state index in [-0.39, 0.29) is 12.5 Å². The summed E-state index contributed by atoms with van der Waals surface area (Å²) in [7, 11) is 0. The molecule has 0 fully saturated rings. The van der Waals surface area contributed by atoms with Gasteiger partial charge in [-0.2, -0.15) is 11.8 Å². The van der Waals surface area contributed by atoms with Crippen LogP contribution in [0.5, 0.6) is 5.75 Å². The van der Waals surface area contributed by atoms with E-state index in [9.17, 15) is 4.79 Å². The van der Waals surface area contributed by atoms with Crippen molar-refractivity contribution in [2.75, 3.05) is 49.7 Å². The molecule has 0 aromatic heterocycles. The Labute approximate surface area is 160 Å². The van der Waals surface area contributed by atoms with Gasteiger partial charge in [0.15, 0.2) is 12.6 Å². The van der Waals surface area contributed by atoms with E-state index in [1.807, 2.05) is 36.0 Å². The van der Waals surface area contributed by atoms with Crippen LogP contribution < -0.4 is 20.3 Å². The van der Waals surface area contributed by atoms with Crippen molar-refractivity contribution < 1.29 is 9.53 Å². The van der Waals surface area contributed by atoms with Crippen LogP contribution >= 0.6 is 11.8 Å². The first-order valence-electron chi connectivity index (χ1n) is 9.29. The Bertz CT molecular complexity index is 595. The van der Waals surface area contributed by atoms with Crippen LogP contribution in [0.2, 0.25) is 0 Å². The van der Waals surface area contributed by atoms with Crippen molar-refractivity contribution in [2.45, 2.75) is 26.2 Å². The second-order valence-corrected chi connectivity index (χ2v) is 7.03. The summed E-state index contributed by atoms with van der Waals surface area (Å²) in [5.74, 6) is 2.83. The zero-order valence-corrected chi connectivity index (χ0v) is 16.6. The zero-order valence-electron chi connectivity index (χ0n) is 15.8. The average molecular weight is 379 g/mol. The minimum Gasteiger partial charge on any atom is -0.482 e. The molecule has 0 atom stereocenters. The maximum atomic E-state index is 12.2. The molecule has 1 aliphatic heterocycles. The number of amides is 1. The van der Waals surface area contributed by atoms with Crippen molar-refractivity contribution in [3.05, 3.63) is 24.3 Å². The van der Waals surface area contributed by atoms with Gasteiger partial charge in [-0.05, 0) is 50.3 Å². The molecule has 0 spiro atoms. The SMILES string of the molecule is CCNC(=NCCCN1C(=O)COc2ccccc21)NCCCCSC. The molecule has 0 bridgehead atoms. The third kappa shape index (κ3) is 6.44. The summed E-state index contributed by atoms with van der Waals surface area (Å²) >= 11 is 1.88.